The minimum atomic E-state index is -4.73. The molecule has 11 heteroatoms. The highest BCUT2D eigenvalue weighted by atomic mass is 19.4. The van der Waals surface area contributed by atoms with E-state index in [0.717, 1.165) is 10.9 Å². The fourth-order valence-corrected chi connectivity index (χ4v) is 4.92. The van der Waals surface area contributed by atoms with Gasteiger partial charge >= 0.3 is 6.18 Å². The van der Waals surface area contributed by atoms with Crippen LogP contribution in [0.3, 0.4) is 0 Å². The van der Waals surface area contributed by atoms with E-state index in [9.17, 15) is 22.8 Å². The molecule has 0 aliphatic carbocycles. The summed E-state index contributed by atoms with van der Waals surface area (Å²) in [5.41, 5.74) is 5.51. The second kappa shape index (κ2) is 7.19. The molecule has 2 saturated heterocycles. The van der Waals surface area contributed by atoms with E-state index < -0.39 is 23.0 Å². The number of amides is 2. The molecule has 2 amide bonds. The van der Waals surface area contributed by atoms with Gasteiger partial charge in [-0.3, -0.25) is 19.6 Å². The second-order valence-corrected chi connectivity index (χ2v) is 8.64. The Balaban J connectivity index is 1.61. The first-order chi connectivity index (χ1) is 15.6. The van der Waals surface area contributed by atoms with Gasteiger partial charge in [-0.1, -0.05) is 6.07 Å². The Hall–Kier alpha value is -3.63. The Morgan fingerprint density at radius 2 is 1.88 bits per heavy atom. The summed E-state index contributed by atoms with van der Waals surface area (Å²) in [6.07, 6.45) is -1.12. The van der Waals surface area contributed by atoms with Gasteiger partial charge in [0.1, 0.15) is 11.4 Å². The summed E-state index contributed by atoms with van der Waals surface area (Å²) in [4.78, 5) is 29.5. The van der Waals surface area contributed by atoms with Crippen molar-refractivity contribution in [3.05, 3.63) is 36.2 Å². The van der Waals surface area contributed by atoms with E-state index in [1.807, 2.05) is 0 Å². The number of nitrogens with one attached hydrogen (secondary N) is 1. The number of carbonyl (C=O) groups excluding carboxylic acids is 2. The van der Waals surface area contributed by atoms with E-state index in [4.69, 9.17) is 5.73 Å². The third kappa shape index (κ3) is 3.38. The lowest BCUT2D eigenvalue weighted by Crippen LogP contribution is -2.44. The Morgan fingerprint density at radius 3 is 2.52 bits per heavy atom. The lowest BCUT2D eigenvalue weighted by atomic mass is 9.76. The number of pyridine rings is 1. The van der Waals surface area contributed by atoms with Crippen molar-refractivity contribution in [2.75, 3.05) is 23.7 Å². The zero-order valence-corrected chi connectivity index (χ0v) is 17.7. The van der Waals surface area contributed by atoms with E-state index >= 15 is 0 Å². The molecule has 1 spiro atoms. The number of nitrogens with zero attached hydrogens (tertiary/aromatic N) is 4. The molecule has 4 heterocycles. The molecule has 33 heavy (non-hydrogen) atoms. The van der Waals surface area contributed by atoms with Gasteiger partial charge in [-0.05, 0) is 30.5 Å². The molecule has 2 aliphatic heterocycles. The summed E-state index contributed by atoms with van der Waals surface area (Å²) in [6, 6.07) is 5.30. The summed E-state index contributed by atoms with van der Waals surface area (Å²) >= 11 is 0. The van der Waals surface area contributed by atoms with Crippen LogP contribution in [0.4, 0.5) is 24.7 Å². The highest BCUT2D eigenvalue weighted by Crippen LogP contribution is 2.48. The van der Waals surface area contributed by atoms with Crippen LogP contribution in [0.15, 0.2) is 30.6 Å². The number of alkyl halides is 3. The van der Waals surface area contributed by atoms with Gasteiger partial charge < -0.3 is 10.6 Å². The summed E-state index contributed by atoms with van der Waals surface area (Å²) in [6.45, 7) is 0.352. The van der Waals surface area contributed by atoms with Crippen molar-refractivity contribution in [3.8, 4) is 11.1 Å². The molecule has 0 bridgehead atoms. The maximum atomic E-state index is 14.2. The summed E-state index contributed by atoms with van der Waals surface area (Å²) in [5.74, 6) is -1.29. The molecule has 0 radical (unpaired) electrons. The first kappa shape index (κ1) is 21.2. The van der Waals surface area contributed by atoms with Gasteiger partial charge in [0.2, 0.25) is 11.8 Å². The molecule has 2 fully saturated rings. The van der Waals surface area contributed by atoms with Gasteiger partial charge in [0, 0.05) is 43.7 Å². The van der Waals surface area contributed by atoms with Crippen molar-refractivity contribution >= 4 is 34.2 Å². The zero-order chi connectivity index (χ0) is 23.5. The van der Waals surface area contributed by atoms with Gasteiger partial charge in [0.25, 0.3) is 0 Å². The standard InChI is InChI=1S/C22H21F3N6O2/c1-30-15-3-2-12(8-13(15)10-28-30)14-11-27-19(26)17(22(23,24)25)18(14)31-6-4-21(5-7-31)9-16(32)29-20(21)33/h2-3,8,10-11H,4-7,9H2,1H3,(H2,26,27)(H,29,32,33). The smallest absolute Gasteiger partial charge is 0.383 e. The van der Waals surface area contributed by atoms with Crippen LogP contribution in [0, 0.1) is 5.41 Å². The van der Waals surface area contributed by atoms with E-state index in [1.165, 1.54) is 6.20 Å². The van der Waals surface area contributed by atoms with Crippen molar-refractivity contribution in [1.29, 1.82) is 0 Å². The van der Waals surface area contributed by atoms with E-state index in [1.54, 1.807) is 41.0 Å². The Bertz CT molecular complexity index is 1290. The quantitative estimate of drug-likeness (QED) is 0.572. The van der Waals surface area contributed by atoms with Crippen LogP contribution in [0.2, 0.25) is 0 Å². The maximum Gasteiger partial charge on any atom is 0.421 e. The van der Waals surface area contributed by atoms with Crippen LogP contribution >= 0.6 is 0 Å². The molecule has 1 aromatic carbocycles. The minimum absolute atomic E-state index is 0.0576. The summed E-state index contributed by atoms with van der Waals surface area (Å²) in [5, 5.41) is 7.29. The molecule has 2 aromatic heterocycles. The van der Waals surface area contributed by atoms with E-state index in [0.29, 0.717) is 11.1 Å². The lowest BCUT2D eigenvalue weighted by Gasteiger charge is -2.40. The Kier molecular flexibility index (Phi) is 4.62. The number of aryl methyl sites for hydroxylation is 1. The van der Waals surface area contributed by atoms with Crippen LogP contribution in [0.5, 0.6) is 0 Å². The SMILES string of the molecule is Cn1ncc2cc(-c3cnc(N)c(C(F)(F)F)c3N3CCC4(CC3)CC(=O)NC4=O)ccc21. The molecule has 5 rings (SSSR count). The average Bonchev–Trinajstić information content (AvgIpc) is 3.25. The first-order valence-electron chi connectivity index (χ1n) is 10.5. The van der Waals surface area contributed by atoms with Crippen LogP contribution < -0.4 is 16.0 Å². The number of imide groups is 1. The van der Waals surface area contributed by atoms with Gasteiger partial charge in [-0.2, -0.15) is 18.3 Å². The highest BCUT2D eigenvalue weighted by molar-refractivity contribution is 6.06. The van der Waals surface area contributed by atoms with Crippen molar-refractivity contribution in [1.82, 2.24) is 20.1 Å². The molecular formula is C22H21F3N6O2. The number of anilines is 2. The molecule has 172 valence electrons. The normalized spacial score (nSPS) is 18.4. The molecular weight excluding hydrogens is 437 g/mol. The van der Waals surface area contributed by atoms with Crippen LogP contribution in [-0.4, -0.2) is 39.7 Å². The first-order valence-corrected chi connectivity index (χ1v) is 10.5. The minimum Gasteiger partial charge on any atom is -0.383 e. The van der Waals surface area contributed by atoms with Crippen LogP contribution in [0.1, 0.15) is 24.8 Å². The maximum absolute atomic E-state index is 14.2. The van der Waals surface area contributed by atoms with Gasteiger partial charge in [0.05, 0.1) is 22.8 Å². The number of hydrogen-bond acceptors (Lipinski definition) is 6. The summed E-state index contributed by atoms with van der Waals surface area (Å²) in [7, 11) is 1.79. The third-order valence-electron chi connectivity index (χ3n) is 6.69. The van der Waals surface area contributed by atoms with Gasteiger partial charge in [-0.15, -0.1) is 0 Å². The number of nitrogens with two attached hydrogens (primary N) is 1. The number of hydrogen-bond donors (Lipinski definition) is 2. The second-order valence-electron chi connectivity index (χ2n) is 8.64. The molecule has 0 saturated carbocycles. The number of rotatable bonds is 2. The number of carbonyl (C=O) groups is 2. The summed E-state index contributed by atoms with van der Waals surface area (Å²) < 4.78 is 44.1. The highest BCUT2D eigenvalue weighted by Gasteiger charge is 2.49. The Labute approximate surface area is 186 Å². The monoisotopic (exact) mass is 458 g/mol. The van der Waals surface area contributed by atoms with Crippen LogP contribution in [-0.2, 0) is 22.8 Å². The van der Waals surface area contributed by atoms with Gasteiger partial charge in [0.15, 0.2) is 0 Å². The molecule has 2 aliphatic rings. The molecule has 0 unspecified atom stereocenters. The van der Waals surface area contributed by atoms with E-state index in [-0.39, 0.29) is 49.9 Å². The van der Waals surface area contributed by atoms with Crippen molar-refractivity contribution in [2.45, 2.75) is 25.4 Å². The fourth-order valence-electron chi connectivity index (χ4n) is 4.92. The number of aromatic nitrogens is 3. The zero-order valence-electron chi connectivity index (χ0n) is 17.7. The Morgan fingerprint density at radius 1 is 1.15 bits per heavy atom. The largest absolute Gasteiger partial charge is 0.421 e. The number of nitrogen functional groups attached to an aromatic ring is 1. The van der Waals surface area contributed by atoms with E-state index in [2.05, 4.69) is 15.4 Å². The number of halogens is 3. The number of benzene rings is 1. The molecule has 0 atom stereocenters. The molecule has 3 N–H and O–H groups in total. The number of fused-ring (bicyclic) bond motifs is 1. The van der Waals surface area contributed by atoms with Crippen molar-refractivity contribution in [3.63, 3.8) is 0 Å². The number of piperidine rings is 1. The van der Waals surface area contributed by atoms with Crippen LogP contribution in [0.25, 0.3) is 22.0 Å². The fraction of sp³-hybridized carbons (Fsp3) is 0.364. The van der Waals surface area contributed by atoms with Crippen molar-refractivity contribution < 1.29 is 22.8 Å². The molecule has 8 nitrogen and oxygen atoms in total. The lowest BCUT2D eigenvalue weighted by molar-refractivity contribution is -0.137. The third-order valence-corrected chi connectivity index (χ3v) is 6.69. The average molecular weight is 458 g/mol. The predicted octanol–water partition coefficient (Wildman–Crippen LogP) is 2.87. The van der Waals surface area contributed by atoms with Gasteiger partial charge in [-0.25, -0.2) is 4.98 Å². The predicted molar refractivity (Wildman–Crippen MR) is 115 cm³/mol. The van der Waals surface area contributed by atoms with Crippen molar-refractivity contribution in [2.24, 2.45) is 12.5 Å². The molecule has 3 aromatic rings. The topological polar surface area (TPSA) is 106 Å².